The van der Waals surface area contributed by atoms with Crippen molar-refractivity contribution in [1.29, 1.82) is 0 Å². The molecule has 74 valence electrons. The van der Waals surface area contributed by atoms with Gasteiger partial charge < -0.3 is 10.1 Å². The second-order valence-electron chi connectivity index (χ2n) is 2.40. The summed E-state index contributed by atoms with van der Waals surface area (Å²) >= 11 is 7.32. The summed E-state index contributed by atoms with van der Waals surface area (Å²) in [4.78, 5) is 0. The minimum Gasteiger partial charge on any atom is -0.379 e. The maximum atomic E-state index is 5.43. The molecule has 0 unspecified atom stereocenters. The van der Waals surface area contributed by atoms with E-state index < -0.39 is 0 Å². The number of hydrogen-bond donors (Lipinski definition) is 1. The van der Waals surface area contributed by atoms with Crippen molar-refractivity contribution in [3.8, 4) is 0 Å². The molecular formula is C8H18ClNOS. The minimum absolute atomic E-state index is 0.590. The van der Waals surface area contributed by atoms with Crippen LogP contribution < -0.4 is 5.32 Å². The lowest BCUT2D eigenvalue weighted by Gasteiger charge is -2.03. The van der Waals surface area contributed by atoms with Crippen molar-refractivity contribution < 1.29 is 4.74 Å². The van der Waals surface area contributed by atoms with E-state index in [2.05, 4.69) is 11.6 Å². The number of alkyl halides is 1. The van der Waals surface area contributed by atoms with Crippen LogP contribution in [0.15, 0.2) is 0 Å². The number of thioether (sulfide) groups is 1. The first-order valence-electron chi connectivity index (χ1n) is 4.25. The predicted molar refractivity (Wildman–Crippen MR) is 57.4 cm³/mol. The summed E-state index contributed by atoms with van der Waals surface area (Å²) in [6, 6.07) is 0. The Morgan fingerprint density at radius 3 is 2.83 bits per heavy atom. The lowest BCUT2D eigenvalue weighted by molar-refractivity contribution is 0.151. The molecule has 0 fully saturated rings. The Kier molecular flexibility index (Phi) is 12.1. The average Bonchev–Trinajstić information content (AvgIpc) is 2.10. The molecular weight excluding hydrogens is 194 g/mol. The zero-order valence-electron chi connectivity index (χ0n) is 7.64. The maximum absolute atomic E-state index is 5.43. The standard InChI is InChI=1S/C8H18ClNOS/c1-12-8-2-4-10-5-7-11-6-3-9/h10H,2-8H2,1H3. The third-order valence-electron chi connectivity index (χ3n) is 1.35. The molecule has 0 saturated carbocycles. The van der Waals surface area contributed by atoms with Gasteiger partial charge in [-0.15, -0.1) is 11.6 Å². The first-order chi connectivity index (χ1) is 5.91. The first-order valence-corrected chi connectivity index (χ1v) is 6.18. The summed E-state index contributed by atoms with van der Waals surface area (Å²) in [6.45, 7) is 3.45. The van der Waals surface area contributed by atoms with Crippen molar-refractivity contribution in [2.75, 3.05) is 44.2 Å². The molecule has 4 heteroatoms. The van der Waals surface area contributed by atoms with E-state index in [1.54, 1.807) is 0 Å². The summed E-state index contributed by atoms with van der Waals surface area (Å²) in [5.74, 6) is 1.82. The van der Waals surface area contributed by atoms with E-state index in [-0.39, 0.29) is 0 Å². The molecule has 0 aliphatic carbocycles. The monoisotopic (exact) mass is 211 g/mol. The first kappa shape index (κ1) is 12.6. The lowest BCUT2D eigenvalue weighted by Crippen LogP contribution is -2.21. The van der Waals surface area contributed by atoms with Gasteiger partial charge in [0.05, 0.1) is 13.2 Å². The molecule has 0 aliphatic rings. The second-order valence-corrected chi connectivity index (χ2v) is 3.76. The molecule has 12 heavy (non-hydrogen) atoms. The smallest absolute Gasteiger partial charge is 0.0602 e. The largest absolute Gasteiger partial charge is 0.379 e. The molecule has 0 saturated heterocycles. The van der Waals surface area contributed by atoms with E-state index >= 15 is 0 Å². The van der Waals surface area contributed by atoms with Crippen molar-refractivity contribution in [1.82, 2.24) is 5.32 Å². The minimum atomic E-state index is 0.590. The fraction of sp³-hybridized carbons (Fsp3) is 1.00. The molecule has 0 heterocycles. The van der Waals surface area contributed by atoms with E-state index in [0.29, 0.717) is 12.5 Å². The molecule has 0 aliphatic heterocycles. The Morgan fingerprint density at radius 1 is 1.33 bits per heavy atom. The molecule has 2 nitrogen and oxygen atoms in total. The van der Waals surface area contributed by atoms with Gasteiger partial charge in [-0.05, 0) is 25.0 Å². The van der Waals surface area contributed by atoms with Gasteiger partial charge in [-0.3, -0.25) is 0 Å². The highest BCUT2D eigenvalue weighted by Gasteiger charge is 1.88. The Balaban J connectivity index is 2.73. The van der Waals surface area contributed by atoms with E-state index in [4.69, 9.17) is 16.3 Å². The molecule has 0 bridgehead atoms. The highest BCUT2D eigenvalue weighted by atomic mass is 35.5. The Morgan fingerprint density at radius 2 is 2.17 bits per heavy atom. The second kappa shape index (κ2) is 11.6. The number of hydrogen-bond acceptors (Lipinski definition) is 3. The molecule has 0 amide bonds. The highest BCUT2D eigenvalue weighted by Crippen LogP contribution is 1.92. The van der Waals surface area contributed by atoms with Crippen LogP contribution in [0.4, 0.5) is 0 Å². The maximum Gasteiger partial charge on any atom is 0.0602 e. The van der Waals surface area contributed by atoms with Crippen LogP contribution in [0.1, 0.15) is 6.42 Å². The third kappa shape index (κ3) is 10.6. The van der Waals surface area contributed by atoms with E-state index in [9.17, 15) is 0 Å². The molecule has 0 atom stereocenters. The highest BCUT2D eigenvalue weighted by molar-refractivity contribution is 7.98. The van der Waals surface area contributed by atoms with Crippen LogP contribution in [-0.2, 0) is 4.74 Å². The van der Waals surface area contributed by atoms with Gasteiger partial charge in [0.1, 0.15) is 0 Å². The fourth-order valence-corrected chi connectivity index (χ4v) is 1.31. The van der Waals surface area contributed by atoms with Crippen LogP contribution in [-0.4, -0.2) is 44.2 Å². The van der Waals surface area contributed by atoms with Gasteiger partial charge in [0.2, 0.25) is 0 Å². The molecule has 0 aromatic carbocycles. The SMILES string of the molecule is CSCCCNCCOCCCl. The topological polar surface area (TPSA) is 21.3 Å². The molecule has 0 aromatic heterocycles. The Bertz CT molecular complexity index is 75.5. The van der Waals surface area contributed by atoms with Crippen LogP contribution in [0.25, 0.3) is 0 Å². The number of halogens is 1. The number of rotatable bonds is 9. The Hall–Kier alpha value is 0.560. The van der Waals surface area contributed by atoms with Gasteiger partial charge in [0.25, 0.3) is 0 Å². The van der Waals surface area contributed by atoms with Crippen LogP contribution in [0.3, 0.4) is 0 Å². The van der Waals surface area contributed by atoms with Crippen molar-refractivity contribution >= 4 is 23.4 Å². The number of ether oxygens (including phenoxy) is 1. The van der Waals surface area contributed by atoms with Gasteiger partial charge in [-0.1, -0.05) is 0 Å². The summed E-state index contributed by atoms with van der Waals surface area (Å²) in [5, 5.41) is 3.30. The summed E-state index contributed by atoms with van der Waals surface area (Å²) < 4.78 is 5.19. The van der Waals surface area contributed by atoms with Crippen LogP contribution in [0, 0.1) is 0 Å². The third-order valence-corrected chi connectivity index (χ3v) is 2.20. The quantitative estimate of drug-likeness (QED) is 0.462. The molecule has 1 N–H and O–H groups in total. The lowest BCUT2D eigenvalue weighted by atomic mass is 10.5. The van der Waals surface area contributed by atoms with E-state index in [1.165, 1.54) is 12.2 Å². The zero-order valence-corrected chi connectivity index (χ0v) is 9.22. The Labute approximate surface area is 84.4 Å². The van der Waals surface area contributed by atoms with Gasteiger partial charge >= 0.3 is 0 Å². The number of nitrogens with one attached hydrogen (secondary N) is 1. The van der Waals surface area contributed by atoms with Gasteiger partial charge in [0, 0.05) is 12.4 Å². The fourth-order valence-electron chi connectivity index (χ4n) is 0.767. The van der Waals surface area contributed by atoms with Crippen molar-refractivity contribution in [2.45, 2.75) is 6.42 Å². The van der Waals surface area contributed by atoms with E-state index in [1.807, 2.05) is 11.8 Å². The zero-order chi connectivity index (χ0) is 9.07. The van der Waals surface area contributed by atoms with Crippen molar-refractivity contribution in [2.24, 2.45) is 0 Å². The van der Waals surface area contributed by atoms with Gasteiger partial charge in [-0.25, -0.2) is 0 Å². The van der Waals surface area contributed by atoms with Gasteiger partial charge in [-0.2, -0.15) is 11.8 Å². The van der Waals surface area contributed by atoms with Crippen molar-refractivity contribution in [3.05, 3.63) is 0 Å². The van der Waals surface area contributed by atoms with Crippen molar-refractivity contribution in [3.63, 3.8) is 0 Å². The summed E-state index contributed by atoms with van der Waals surface area (Å²) in [5.41, 5.74) is 0. The summed E-state index contributed by atoms with van der Waals surface area (Å²) in [6.07, 6.45) is 3.36. The van der Waals surface area contributed by atoms with Crippen LogP contribution in [0.5, 0.6) is 0 Å². The predicted octanol–water partition coefficient (Wildman–Crippen LogP) is 1.58. The molecule has 0 rings (SSSR count). The average molecular weight is 212 g/mol. The summed E-state index contributed by atoms with van der Waals surface area (Å²) in [7, 11) is 0. The molecule has 0 radical (unpaired) electrons. The molecule has 0 aromatic rings. The van der Waals surface area contributed by atoms with E-state index in [0.717, 1.165) is 19.7 Å². The van der Waals surface area contributed by atoms with Gasteiger partial charge in [0.15, 0.2) is 0 Å². The van der Waals surface area contributed by atoms with Crippen LogP contribution >= 0.6 is 23.4 Å². The normalized spacial score (nSPS) is 10.5. The molecule has 0 spiro atoms. The van der Waals surface area contributed by atoms with Crippen LogP contribution in [0.2, 0.25) is 0 Å².